The number of benzene rings is 2. The molecule has 2 amide bonds. The third-order valence-electron chi connectivity index (χ3n) is 6.04. The molecule has 170 valence electrons. The van der Waals surface area contributed by atoms with E-state index in [1.165, 1.54) is 16.4 Å². The van der Waals surface area contributed by atoms with E-state index in [2.05, 4.69) is 5.32 Å². The van der Waals surface area contributed by atoms with Gasteiger partial charge in [-0.25, -0.2) is 12.8 Å². The van der Waals surface area contributed by atoms with Gasteiger partial charge in [0.2, 0.25) is 21.8 Å². The number of piperidine rings is 1. The quantitative estimate of drug-likeness (QED) is 0.720. The lowest BCUT2D eigenvalue weighted by molar-refractivity contribution is -0.126. The fraction of sp³-hybridized carbons (Fsp3) is 0.391. The summed E-state index contributed by atoms with van der Waals surface area (Å²) in [6.07, 6.45) is 2.27. The number of carbonyl (C=O) groups is 2. The molecule has 0 unspecified atom stereocenters. The number of nitrogens with one attached hydrogen (secondary N) is 1. The van der Waals surface area contributed by atoms with Crippen LogP contribution in [-0.4, -0.2) is 44.2 Å². The first kappa shape index (κ1) is 22.4. The van der Waals surface area contributed by atoms with Crippen molar-refractivity contribution in [2.75, 3.05) is 24.5 Å². The molecule has 1 N–H and O–H groups in total. The third-order valence-corrected chi connectivity index (χ3v) is 7.95. The van der Waals surface area contributed by atoms with E-state index < -0.39 is 15.8 Å². The van der Waals surface area contributed by atoms with Crippen molar-refractivity contribution in [2.24, 2.45) is 5.92 Å². The molecule has 2 saturated heterocycles. The van der Waals surface area contributed by atoms with Crippen LogP contribution in [0.4, 0.5) is 10.1 Å². The molecule has 4 rings (SSSR count). The van der Waals surface area contributed by atoms with Crippen LogP contribution in [0.1, 0.15) is 31.2 Å². The van der Waals surface area contributed by atoms with Gasteiger partial charge in [-0.2, -0.15) is 4.31 Å². The molecule has 2 aliphatic rings. The molecule has 2 aromatic rings. The molecule has 0 spiro atoms. The van der Waals surface area contributed by atoms with Crippen molar-refractivity contribution in [1.29, 1.82) is 0 Å². The lowest BCUT2D eigenvalue weighted by Crippen LogP contribution is -2.42. The average molecular weight is 460 g/mol. The molecule has 0 atom stereocenters. The highest BCUT2D eigenvalue weighted by molar-refractivity contribution is 7.89. The normalized spacial score (nSPS) is 18.2. The number of nitrogens with zero attached hydrogens (tertiary/aromatic N) is 2. The average Bonchev–Trinajstić information content (AvgIpc) is 3.24. The van der Waals surface area contributed by atoms with E-state index in [1.807, 2.05) is 24.3 Å². The molecule has 32 heavy (non-hydrogen) atoms. The number of sulfonamides is 1. The summed E-state index contributed by atoms with van der Waals surface area (Å²) in [7, 11) is -3.70. The summed E-state index contributed by atoms with van der Waals surface area (Å²) >= 11 is 0. The topological polar surface area (TPSA) is 86.8 Å². The van der Waals surface area contributed by atoms with Gasteiger partial charge in [-0.05, 0) is 61.2 Å². The maximum absolute atomic E-state index is 13.1. The van der Waals surface area contributed by atoms with Crippen LogP contribution in [0.3, 0.4) is 0 Å². The highest BCUT2D eigenvalue weighted by Crippen LogP contribution is 2.25. The third kappa shape index (κ3) is 4.83. The van der Waals surface area contributed by atoms with E-state index >= 15 is 0 Å². The SMILES string of the molecule is O=C(NCc1cccc(N2CCCC2=O)c1)C1CCN(S(=O)(=O)c2ccc(F)cc2)CC1. The van der Waals surface area contributed by atoms with E-state index in [1.54, 1.807) is 4.90 Å². The summed E-state index contributed by atoms with van der Waals surface area (Å²) in [5.74, 6) is -0.741. The minimum absolute atomic E-state index is 0.0539. The van der Waals surface area contributed by atoms with E-state index in [4.69, 9.17) is 0 Å². The van der Waals surface area contributed by atoms with Gasteiger partial charge in [0.15, 0.2) is 0 Å². The molecule has 7 nitrogen and oxygen atoms in total. The van der Waals surface area contributed by atoms with Gasteiger partial charge in [0.25, 0.3) is 0 Å². The zero-order chi connectivity index (χ0) is 22.7. The Morgan fingerprint density at radius 1 is 1.06 bits per heavy atom. The van der Waals surface area contributed by atoms with Crippen LogP contribution in [0.15, 0.2) is 53.4 Å². The van der Waals surface area contributed by atoms with Crippen molar-refractivity contribution in [2.45, 2.75) is 37.1 Å². The fourth-order valence-electron chi connectivity index (χ4n) is 4.20. The first-order chi connectivity index (χ1) is 15.3. The van der Waals surface area contributed by atoms with Crippen LogP contribution < -0.4 is 10.2 Å². The van der Waals surface area contributed by atoms with Gasteiger partial charge in [-0.3, -0.25) is 9.59 Å². The predicted octanol–water partition coefficient (Wildman–Crippen LogP) is 2.67. The fourth-order valence-corrected chi connectivity index (χ4v) is 5.67. The standard InChI is InChI=1S/C23H26FN3O4S/c24-19-6-8-21(9-7-19)32(30,31)26-13-10-18(11-14-26)23(29)25-16-17-3-1-4-20(15-17)27-12-2-5-22(27)28/h1,3-4,6-9,15,18H,2,5,10-14,16H2,(H,25,29). The van der Waals surface area contributed by atoms with Crippen LogP contribution >= 0.6 is 0 Å². The molecule has 2 aliphatic heterocycles. The second-order valence-corrected chi connectivity index (χ2v) is 10.1. The second kappa shape index (κ2) is 9.38. The summed E-state index contributed by atoms with van der Waals surface area (Å²) in [6.45, 7) is 1.55. The lowest BCUT2D eigenvalue weighted by Gasteiger charge is -2.30. The van der Waals surface area contributed by atoms with Crippen molar-refractivity contribution in [3.63, 3.8) is 0 Å². The Hall–Kier alpha value is -2.78. The lowest BCUT2D eigenvalue weighted by atomic mass is 9.97. The smallest absolute Gasteiger partial charge is 0.243 e. The molecule has 0 radical (unpaired) electrons. The van der Waals surface area contributed by atoms with Crippen LogP contribution in [0, 0.1) is 11.7 Å². The summed E-state index contributed by atoms with van der Waals surface area (Å²) < 4.78 is 39.9. The van der Waals surface area contributed by atoms with Gasteiger partial charge in [0.05, 0.1) is 4.90 Å². The zero-order valence-corrected chi connectivity index (χ0v) is 18.5. The molecule has 9 heteroatoms. The van der Waals surface area contributed by atoms with E-state index in [0.717, 1.165) is 29.8 Å². The highest BCUT2D eigenvalue weighted by atomic mass is 32.2. The van der Waals surface area contributed by atoms with Gasteiger partial charge in [0, 0.05) is 44.2 Å². The Bertz CT molecular complexity index is 1100. The predicted molar refractivity (Wildman–Crippen MR) is 118 cm³/mol. The van der Waals surface area contributed by atoms with Gasteiger partial charge in [-0.1, -0.05) is 12.1 Å². The van der Waals surface area contributed by atoms with Gasteiger partial charge >= 0.3 is 0 Å². The number of halogens is 1. The van der Waals surface area contributed by atoms with E-state index in [9.17, 15) is 22.4 Å². The zero-order valence-electron chi connectivity index (χ0n) is 17.7. The van der Waals surface area contributed by atoms with Gasteiger partial charge < -0.3 is 10.2 Å². The Morgan fingerprint density at radius 2 is 1.78 bits per heavy atom. The van der Waals surface area contributed by atoms with Crippen molar-refractivity contribution in [3.05, 3.63) is 59.9 Å². The second-order valence-electron chi connectivity index (χ2n) is 8.17. The molecule has 0 bridgehead atoms. The highest BCUT2D eigenvalue weighted by Gasteiger charge is 2.32. The summed E-state index contributed by atoms with van der Waals surface area (Å²) in [6, 6.07) is 12.4. The molecule has 2 heterocycles. The van der Waals surface area contributed by atoms with E-state index in [0.29, 0.717) is 32.4 Å². The minimum atomic E-state index is -3.70. The van der Waals surface area contributed by atoms with E-state index in [-0.39, 0.29) is 35.7 Å². The number of rotatable bonds is 6. The molecule has 0 saturated carbocycles. The molecule has 0 aromatic heterocycles. The minimum Gasteiger partial charge on any atom is -0.352 e. The summed E-state index contributed by atoms with van der Waals surface area (Å²) in [5, 5.41) is 2.94. The van der Waals surface area contributed by atoms with Crippen LogP contribution in [0.25, 0.3) is 0 Å². The summed E-state index contributed by atoms with van der Waals surface area (Å²) in [5.41, 5.74) is 1.76. The Morgan fingerprint density at radius 3 is 2.44 bits per heavy atom. The maximum atomic E-state index is 13.1. The number of hydrogen-bond donors (Lipinski definition) is 1. The Labute approximate surface area is 187 Å². The van der Waals surface area contributed by atoms with Gasteiger partial charge in [-0.15, -0.1) is 0 Å². The van der Waals surface area contributed by atoms with Crippen molar-refractivity contribution in [1.82, 2.24) is 9.62 Å². The Balaban J connectivity index is 1.30. The Kier molecular flexibility index (Phi) is 6.57. The van der Waals surface area contributed by atoms with Crippen LogP contribution in [0.5, 0.6) is 0 Å². The summed E-state index contributed by atoms with van der Waals surface area (Å²) in [4.78, 5) is 26.4. The first-order valence-corrected chi connectivity index (χ1v) is 12.2. The number of carbonyl (C=O) groups excluding carboxylic acids is 2. The van der Waals surface area contributed by atoms with Crippen molar-refractivity contribution < 1.29 is 22.4 Å². The van der Waals surface area contributed by atoms with Gasteiger partial charge in [0.1, 0.15) is 5.82 Å². The molecule has 0 aliphatic carbocycles. The molecule has 2 fully saturated rings. The molecular formula is C23H26FN3O4S. The largest absolute Gasteiger partial charge is 0.352 e. The number of anilines is 1. The van der Waals surface area contributed by atoms with Crippen molar-refractivity contribution >= 4 is 27.5 Å². The molecular weight excluding hydrogens is 433 g/mol. The molecule has 2 aromatic carbocycles. The first-order valence-electron chi connectivity index (χ1n) is 10.8. The number of hydrogen-bond acceptors (Lipinski definition) is 4. The van der Waals surface area contributed by atoms with Crippen LogP contribution in [-0.2, 0) is 26.2 Å². The monoisotopic (exact) mass is 459 g/mol. The van der Waals surface area contributed by atoms with Crippen molar-refractivity contribution in [3.8, 4) is 0 Å². The van der Waals surface area contributed by atoms with Crippen LogP contribution in [0.2, 0.25) is 0 Å². The number of amides is 2. The maximum Gasteiger partial charge on any atom is 0.243 e.